The lowest BCUT2D eigenvalue weighted by molar-refractivity contribution is -0.120. The average Bonchev–Trinajstić information content (AvgIpc) is 2.85. The number of nitrogens with zero attached hydrogens (tertiary/aromatic N) is 2. The highest BCUT2D eigenvalue weighted by molar-refractivity contribution is 5.93. The molecule has 1 unspecified atom stereocenters. The smallest absolute Gasteiger partial charge is 0.243 e. The maximum atomic E-state index is 12.2. The number of anilines is 1. The molecule has 0 aliphatic heterocycles. The maximum absolute atomic E-state index is 12.2. The molecule has 0 saturated heterocycles. The Morgan fingerprint density at radius 1 is 1.33 bits per heavy atom. The number of aromatic nitrogens is 1. The van der Waals surface area contributed by atoms with E-state index in [0.717, 1.165) is 5.69 Å². The summed E-state index contributed by atoms with van der Waals surface area (Å²) in [6, 6.07) is 9.74. The lowest BCUT2D eigenvalue weighted by Gasteiger charge is -2.23. The predicted molar refractivity (Wildman–Crippen MR) is 82.0 cm³/mol. The van der Waals surface area contributed by atoms with E-state index in [1.165, 1.54) is 11.1 Å². The highest BCUT2D eigenvalue weighted by atomic mass is 16.5. The van der Waals surface area contributed by atoms with E-state index in [0.29, 0.717) is 12.4 Å². The summed E-state index contributed by atoms with van der Waals surface area (Å²) >= 11 is 0. The monoisotopic (exact) mass is 287 g/mol. The van der Waals surface area contributed by atoms with Crippen molar-refractivity contribution in [1.82, 2.24) is 10.1 Å². The molecule has 2 rings (SSSR count). The van der Waals surface area contributed by atoms with Crippen LogP contribution in [0.4, 0.5) is 5.88 Å². The Bertz CT molecular complexity index is 604. The van der Waals surface area contributed by atoms with Crippen LogP contribution in [0.1, 0.15) is 23.7 Å². The number of nitrogens with one attached hydrogen (secondary N) is 1. The minimum Gasteiger partial charge on any atom is -0.338 e. The standard InChI is InChI=1S/C16H21N3O2/c1-11-5-7-14(8-6-11)10-19(4)13(3)16(20)17-15-9-12(2)18-21-15/h5-9,13H,10H2,1-4H3,(H,17,20). The number of rotatable bonds is 5. The van der Waals surface area contributed by atoms with Gasteiger partial charge in [-0.2, -0.15) is 0 Å². The number of aryl methyl sites for hydroxylation is 2. The van der Waals surface area contributed by atoms with E-state index in [1.807, 2.05) is 25.8 Å². The van der Waals surface area contributed by atoms with Gasteiger partial charge in [-0.15, -0.1) is 0 Å². The fourth-order valence-corrected chi connectivity index (χ4v) is 1.97. The number of amides is 1. The molecule has 0 radical (unpaired) electrons. The van der Waals surface area contributed by atoms with Crippen molar-refractivity contribution in [2.24, 2.45) is 0 Å². The molecular formula is C16H21N3O2. The second-order valence-corrected chi connectivity index (χ2v) is 5.40. The predicted octanol–water partition coefficient (Wildman–Crippen LogP) is 2.75. The van der Waals surface area contributed by atoms with Gasteiger partial charge in [-0.1, -0.05) is 35.0 Å². The molecule has 1 amide bonds. The highest BCUT2D eigenvalue weighted by Crippen LogP contribution is 2.12. The van der Waals surface area contributed by atoms with Crippen molar-refractivity contribution in [2.75, 3.05) is 12.4 Å². The number of hydrogen-bond acceptors (Lipinski definition) is 4. The molecule has 1 aromatic heterocycles. The van der Waals surface area contributed by atoms with Gasteiger partial charge in [0.2, 0.25) is 11.8 Å². The van der Waals surface area contributed by atoms with Crippen LogP contribution in [-0.2, 0) is 11.3 Å². The van der Waals surface area contributed by atoms with Crippen molar-refractivity contribution in [1.29, 1.82) is 0 Å². The summed E-state index contributed by atoms with van der Waals surface area (Å²) in [7, 11) is 1.93. The van der Waals surface area contributed by atoms with Crippen LogP contribution in [0, 0.1) is 13.8 Å². The van der Waals surface area contributed by atoms with E-state index in [9.17, 15) is 4.79 Å². The van der Waals surface area contributed by atoms with Crippen LogP contribution in [0.15, 0.2) is 34.9 Å². The van der Waals surface area contributed by atoms with Crippen LogP contribution in [0.3, 0.4) is 0 Å². The third-order valence-corrected chi connectivity index (χ3v) is 3.47. The van der Waals surface area contributed by atoms with Crippen molar-refractivity contribution >= 4 is 11.8 Å². The molecule has 1 N–H and O–H groups in total. The quantitative estimate of drug-likeness (QED) is 0.918. The van der Waals surface area contributed by atoms with E-state index in [4.69, 9.17) is 4.52 Å². The molecule has 5 nitrogen and oxygen atoms in total. The Morgan fingerprint density at radius 2 is 2.00 bits per heavy atom. The number of carbonyl (C=O) groups excluding carboxylic acids is 1. The first kappa shape index (κ1) is 15.3. The van der Waals surface area contributed by atoms with Crippen molar-refractivity contribution < 1.29 is 9.32 Å². The fraction of sp³-hybridized carbons (Fsp3) is 0.375. The van der Waals surface area contributed by atoms with Crippen molar-refractivity contribution in [3.63, 3.8) is 0 Å². The van der Waals surface area contributed by atoms with Gasteiger partial charge in [0.25, 0.3) is 0 Å². The zero-order valence-electron chi connectivity index (χ0n) is 12.9. The molecule has 0 aliphatic carbocycles. The molecular weight excluding hydrogens is 266 g/mol. The molecule has 1 heterocycles. The Kier molecular flexibility index (Phi) is 4.75. The van der Waals surface area contributed by atoms with E-state index in [2.05, 4.69) is 41.7 Å². The SMILES string of the molecule is Cc1ccc(CN(C)C(C)C(=O)Nc2cc(C)no2)cc1. The van der Waals surface area contributed by atoms with Crippen molar-refractivity contribution in [2.45, 2.75) is 33.4 Å². The van der Waals surface area contributed by atoms with Crippen LogP contribution in [0.2, 0.25) is 0 Å². The first-order chi connectivity index (χ1) is 9.95. The van der Waals surface area contributed by atoms with E-state index < -0.39 is 0 Å². The van der Waals surface area contributed by atoms with Gasteiger partial charge in [-0.05, 0) is 33.4 Å². The van der Waals surface area contributed by atoms with E-state index in [-0.39, 0.29) is 11.9 Å². The van der Waals surface area contributed by atoms with Crippen molar-refractivity contribution in [3.8, 4) is 0 Å². The van der Waals surface area contributed by atoms with Crippen LogP contribution in [-0.4, -0.2) is 29.1 Å². The molecule has 0 bridgehead atoms. The highest BCUT2D eigenvalue weighted by Gasteiger charge is 2.19. The van der Waals surface area contributed by atoms with Gasteiger partial charge in [0.1, 0.15) is 0 Å². The Balaban J connectivity index is 1.93. The number of carbonyl (C=O) groups is 1. The van der Waals surface area contributed by atoms with Gasteiger partial charge >= 0.3 is 0 Å². The summed E-state index contributed by atoms with van der Waals surface area (Å²) in [4.78, 5) is 14.2. The molecule has 0 aliphatic rings. The average molecular weight is 287 g/mol. The normalized spacial score (nSPS) is 12.4. The third-order valence-electron chi connectivity index (χ3n) is 3.47. The van der Waals surface area contributed by atoms with Gasteiger partial charge < -0.3 is 4.52 Å². The minimum atomic E-state index is -0.267. The molecule has 21 heavy (non-hydrogen) atoms. The molecule has 5 heteroatoms. The first-order valence-corrected chi connectivity index (χ1v) is 6.95. The van der Waals surface area contributed by atoms with Gasteiger partial charge in [-0.3, -0.25) is 15.0 Å². The zero-order chi connectivity index (χ0) is 15.4. The number of hydrogen-bond donors (Lipinski definition) is 1. The molecule has 1 aromatic carbocycles. The third kappa shape index (κ3) is 4.16. The summed E-state index contributed by atoms with van der Waals surface area (Å²) in [6.07, 6.45) is 0. The van der Waals surface area contributed by atoms with Crippen LogP contribution >= 0.6 is 0 Å². The molecule has 0 fully saturated rings. The summed E-state index contributed by atoms with van der Waals surface area (Å²) < 4.78 is 5.00. The first-order valence-electron chi connectivity index (χ1n) is 6.95. The van der Waals surface area contributed by atoms with E-state index in [1.54, 1.807) is 6.07 Å². The topological polar surface area (TPSA) is 58.4 Å². The van der Waals surface area contributed by atoms with Crippen LogP contribution < -0.4 is 5.32 Å². The second-order valence-electron chi connectivity index (χ2n) is 5.40. The Labute approximate surface area is 124 Å². The minimum absolute atomic E-state index is 0.110. The number of likely N-dealkylation sites (N-methyl/N-ethyl adjacent to an activating group) is 1. The zero-order valence-corrected chi connectivity index (χ0v) is 12.9. The molecule has 0 spiro atoms. The van der Waals surface area contributed by atoms with E-state index >= 15 is 0 Å². The Hall–Kier alpha value is -2.14. The van der Waals surface area contributed by atoms with Gasteiger partial charge in [-0.25, -0.2) is 0 Å². The summed E-state index contributed by atoms with van der Waals surface area (Å²) in [6.45, 7) is 6.45. The molecule has 112 valence electrons. The molecule has 1 atom stereocenters. The maximum Gasteiger partial charge on any atom is 0.243 e. The van der Waals surface area contributed by atoms with Gasteiger partial charge in [0.05, 0.1) is 11.7 Å². The number of benzene rings is 1. The largest absolute Gasteiger partial charge is 0.338 e. The summed E-state index contributed by atoms with van der Waals surface area (Å²) in [5.74, 6) is 0.272. The summed E-state index contributed by atoms with van der Waals surface area (Å²) in [5.41, 5.74) is 3.15. The lowest BCUT2D eigenvalue weighted by Crippen LogP contribution is -2.39. The lowest BCUT2D eigenvalue weighted by atomic mass is 10.1. The van der Waals surface area contributed by atoms with Gasteiger partial charge in [0, 0.05) is 12.6 Å². The summed E-state index contributed by atoms with van der Waals surface area (Å²) in [5, 5.41) is 6.48. The van der Waals surface area contributed by atoms with Crippen LogP contribution in [0.5, 0.6) is 0 Å². The second kappa shape index (κ2) is 6.54. The Morgan fingerprint density at radius 3 is 2.57 bits per heavy atom. The molecule has 0 saturated carbocycles. The fourth-order valence-electron chi connectivity index (χ4n) is 1.97. The van der Waals surface area contributed by atoms with Crippen LogP contribution in [0.25, 0.3) is 0 Å². The van der Waals surface area contributed by atoms with Gasteiger partial charge in [0.15, 0.2) is 0 Å². The molecule has 2 aromatic rings. The van der Waals surface area contributed by atoms with Crippen molar-refractivity contribution in [3.05, 3.63) is 47.2 Å².